The first-order valence-corrected chi connectivity index (χ1v) is 6.16. The molecule has 2 aromatic rings. The summed E-state index contributed by atoms with van der Waals surface area (Å²) in [7, 11) is 1.58. The molecule has 0 saturated heterocycles. The quantitative estimate of drug-likeness (QED) is 0.872. The molecule has 0 unspecified atom stereocenters. The van der Waals surface area contributed by atoms with Crippen molar-refractivity contribution < 1.29 is 9.53 Å². The van der Waals surface area contributed by atoms with Crippen LogP contribution in [0.3, 0.4) is 0 Å². The van der Waals surface area contributed by atoms with Gasteiger partial charge in [0.25, 0.3) is 5.91 Å². The maximum absolute atomic E-state index is 12.0. The average molecular weight is 271 g/mol. The van der Waals surface area contributed by atoms with Crippen molar-refractivity contribution in [2.75, 3.05) is 7.11 Å². The Labute approximate surface area is 117 Å². The summed E-state index contributed by atoms with van der Waals surface area (Å²) in [4.78, 5) is 12.4. The fourth-order valence-corrected chi connectivity index (χ4v) is 1.81. The molecule has 0 aliphatic carbocycles. The lowest BCUT2D eigenvalue weighted by atomic mass is 10.2. The van der Waals surface area contributed by atoms with Gasteiger partial charge in [0.05, 0.1) is 7.11 Å². The van der Waals surface area contributed by atoms with Crippen LogP contribution >= 0.6 is 12.2 Å². The molecule has 96 valence electrons. The first-order chi connectivity index (χ1) is 9.20. The third-order valence-corrected chi connectivity index (χ3v) is 2.95. The van der Waals surface area contributed by atoms with Gasteiger partial charge in [-0.1, -0.05) is 42.5 Å². The normalized spacial score (nSPS) is 9.74. The van der Waals surface area contributed by atoms with E-state index >= 15 is 0 Å². The van der Waals surface area contributed by atoms with E-state index in [1.165, 1.54) is 0 Å². The Morgan fingerprint density at radius 2 is 1.63 bits per heavy atom. The van der Waals surface area contributed by atoms with Crippen molar-refractivity contribution in [1.82, 2.24) is 5.32 Å². The minimum Gasteiger partial charge on any atom is -0.497 e. The molecule has 0 aliphatic heterocycles. The molecule has 3 nitrogen and oxygen atoms in total. The number of carbonyl (C=O) groups excluding carboxylic acids is 1. The van der Waals surface area contributed by atoms with Crippen molar-refractivity contribution >= 4 is 23.1 Å². The van der Waals surface area contributed by atoms with Gasteiger partial charge in [0.1, 0.15) is 10.7 Å². The number of hydrogen-bond donors (Lipinski definition) is 1. The Morgan fingerprint density at radius 1 is 1.00 bits per heavy atom. The molecule has 0 aromatic heterocycles. The summed E-state index contributed by atoms with van der Waals surface area (Å²) in [5.74, 6) is 0.485. The Kier molecular flexibility index (Phi) is 4.26. The van der Waals surface area contributed by atoms with Crippen molar-refractivity contribution in [3.05, 3.63) is 65.7 Å². The fourth-order valence-electron chi connectivity index (χ4n) is 1.58. The maximum atomic E-state index is 12.0. The van der Waals surface area contributed by atoms with Crippen LogP contribution in [-0.2, 0) is 0 Å². The molecule has 1 amide bonds. The van der Waals surface area contributed by atoms with Gasteiger partial charge in [-0.05, 0) is 24.3 Å². The zero-order valence-electron chi connectivity index (χ0n) is 10.4. The van der Waals surface area contributed by atoms with E-state index in [1.807, 2.05) is 30.3 Å². The van der Waals surface area contributed by atoms with Crippen LogP contribution in [0.25, 0.3) is 0 Å². The molecule has 0 radical (unpaired) electrons. The summed E-state index contributed by atoms with van der Waals surface area (Å²) in [6.07, 6.45) is 0. The molecule has 1 N–H and O–H groups in total. The molecule has 0 spiro atoms. The van der Waals surface area contributed by atoms with Crippen LogP contribution in [0.15, 0.2) is 54.6 Å². The van der Waals surface area contributed by atoms with Crippen LogP contribution in [0.1, 0.15) is 15.9 Å². The molecule has 0 saturated carbocycles. The lowest BCUT2D eigenvalue weighted by molar-refractivity contribution is 0.0978. The molecule has 4 heteroatoms. The number of rotatable bonds is 3. The highest BCUT2D eigenvalue weighted by molar-refractivity contribution is 7.80. The first kappa shape index (κ1) is 13.2. The Hall–Kier alpha value is -2.20. The lowest BCUT2D eigenvalue weighted by Crippen LogP contribution is -2.29. The van der Waals surface area contributed by atoms with Gasteiger partial charge < -0.3 is 10.1 Å². The molecule has 0 heterocycles. The van der Waals surface area contributed by atoms with Gasteiger partial charge in [-0.15, -0.1) is 0 Å². The smallest absolute Gasteiger partial charge is 0.256 e. The number of nitrogens with one attached hydrogen (secondary N) is 1. The number of carbonyl (C=O) groups is 1. The molecule has 0 atom stereocenters. The first-order valence-electron chi connectivity index (χ1n) is 5.75. The number of hydrogen-bond acceptors (Lipinski definition) is 3. The summed E-state index contributed by atoms with van der Waals surface area (Å²) in [5.41, 5.74) is 1.36. The SMILES string of the molecule is COc1ccc(C(=O)NC(=S)c2ccccc2)cc1. The van der Waals surface area contributed by atoms with Crippen molar-refractivity contribution in [3.63, 3.8) is 0 Å². The number of ether oxygens (including phenoxy) is 1. The maximum Gasteiger partial charge on any atom is 0.256 e. The number of benzene rings is 2. The van der Waals surface area contributed by atoms with Crippen LogP contribution in [0.5, 0.6) is 5.75 Å². The fraction of sp³-hybridized carbons (Fsp3) is 0.0667. The van der Waals surface area contributed by atoms with Gasteiger partial charge in [0.15, 0.2) is 0 Å². The molecular formula is C15H13NO2S. The summed E-state index contributed by atoms with van der Waals surface area (Å²) in [6, 6.07) is 16.2. The standard InChI is InChI=1S/C15H13NO2S/c1-18-13-9-7-11(8-10-13)14(17)16-15(19)12-5-3-2-4-6-12/h2-10H,1H3,(H,16,17,19). The zero-order chi connectivity index (χ0) is 13.7. The second-order valence-corrected chi connectivity index (χ2v) is 4.29. The third kappa shape index (κ3) is 3.39. The molecule has 19 heavy (non-hydrogen) atoms. The van der Waals surface area contributed by atoms with Crippen LogP contribution < -0.4 is 10.1 Å². The minimum absolute atomic E-state index is 0.225. The molecule has 0 bridgehead atoms. The van der Waals surface area contributed by atoms with Gasteiger partial charge in [-0.25, -0.2) is 0 Å². The van der Waals surface area contributed by atoms with Gasteiger partial charge in [0, 0.05) is 11.1 Å². The van der Waals surface area contributed by atoms with Gasteiger partial charge >= 0.3 is 0 Å². The van der Waals surface area contributed by atoms with Gasteiger partial charge in [-0.3, -0.25) is 4.79 Å². The highest BCUT2D eigenvalue weighted by Crippen LogP contribution is 2.11. The summed E-state index contributed by atoms with van der Waals surface area (Å²) in [6.45, 7) is 0. The molecule has 0 aliphatic rings. The van der Waals surface area contributed by atoms with Crippen LogP contribution in [0.2, 0.25) is 0 Å². The van der Waals surface area contributed by atoms with Crippen LogP contribution in [0.4, 0.5) is 0 Å². The van der Waals surface area contributed by atoms with Crippen molar-refractivity contribution in [1.29, 1.82) is 0 Å². The van der Waals surface area contributed by atoms with Gasteiger partial charge in [-0.2, -0.15) is 0 Å². The van der Waals surface area contributed by atoms with E-state index < -0.39 is 0 Å². The predicted molar refractivity (Wildman–Crippen MR) is 78.6 cm³/mol. The van der Waals surface area contributed by atoms with E-state index in [0.717, 1.165) is 5.56 Å². The summed E-state index contributed by atoms with van der Waals surface area (Å²) in [5, 5.41) is 2.70. The topological polar surface area (TPSA) is 38.3 Å². The van der Waals surface area contributed by atoms with E-state index in [9.17, 15) is 4.79 Å². The molecular weight excluding hydrogens is 258 g/mol. The van der Waals surface area contributed by atoms with Crippen LogP contribution in [-0.4, -0.2) is 18.0 Å². The second kappa shape index (κ2) is 6.11. The molecule has 2 rings (SSSR count). The van der Waals surface area contributed by atoms with Crippen molar-refractivity contribution in [3.8, 4) is 5.75 Å². The summed E-state index contributed by atoms with van der Waals surface area (Å²) < 4.78 is 5.04. The van der Waals surface area contributed by atoms with Crippen molar-refractivity contribution in [2.45, 2.75) is 0 Å². The number of thiocarbonyl (C=S) groups is 1. The second-order valence-electron chi connectivity index (χ2n) is 3.88. The summed E-state index contributed by atoms with van der Waals surface area (Å²) >= 11 is 5.19. The highest BCUT2D eigenvalue weighted by atomic mass is 32.1. The third-order valence-electron chi connectivity index (χ3n) is 2.62. The lowest BCUT2D eigenvalue weighted by Gasteiger charge is -2.07. The van der Waals surface area contributed by atoms with E-state index in [4.69, 9.17) is 17.0 Å². The Morgan fingerprint density at radius 3 is 2.21 bits per heavy atom. The Balaban J connectivity index is 2.06. The number of amides is 1. The minimum atomic E-state index is -0.225. The van der Waals surface area contributed by atoms with E-state index in [0.29, 0.717) is 16.3 Å². The number of methoxy groups -OCH3 is 1. The van der Waals surface area contributed by atoms with Crippen LogP contribution in [0, 0.1) is 0 Å². The van der Waals surface area contributed by atoms with Gasteiger partial charge in [0.2, 0.25) is 0 Å². The highest BCUT2D eigenvalue weighted by Gasteiger charge is 2.08. The molecule has 2 aromatic carbocycles. The van der Waals surface area contributed by atoms with E-state index in [1.54, 1.807) is 31.4 Å². The zero-order valence-corrected chi connectivity index (χ0v) is 11.2. The van der Waals surface area contributed by atoms with Crippen molar-refractivity contribution in [2.24, 2.45) is 0 Å². The largest absolute Gasteiger partial charge is 0.497 e. The Bertz CT molecular complexity index is 579. The van der Waals surface area contributed by atoms with E-state index in [2.05, 4.69) is 5.32 Å². The average Bonchev–Trinajstić information content (AvgIpc) is 2.48. The molecule has 0 fully saturated rings. The monoisotopic (exact) mass is 271 g/mol. The van der Waals surface area contributed by atoms with E-state index in [-0.39, 0.29) is 5.91 Å². The predicted octanol–water partition coefficient (Wildman–Crippen LogP) is 2.80.